The summed E-state index contributed by atoms with van der Waals surface area (Å²) < 4.78 is 30.7. The van der Waals surface area contributed by atoms with Crippen molar-refractivity contribution in [1.82, 2.24) is 4.98 Å². The molecule has 1 aliphatic rings. The molecule has 1 aliphatic carbocycles. The van der Waals surface area contributed by atoms with E-state index in [0.717, 1.165) is 29.3 Å². The smallest absolute Gasteiger partial charge is 0.387 e. The second-order valence-electron chi connectivity index (χ2n) is 5.89. The fourth-order valence-corrected chi connectivity index (χ4v) is 2.78. The van der Waals surface area contributed by atoms with Gasteiger partial charge in [-0.05, 0) is 42.7 Å². The van der Waals surface area contributed by atoms with Gasteiger partial charge in [0.15, 0.2) is 5.75 Å². The molecule has 0 unspecified atom stereocenters. The summed E-state index contributed by atoms with van der Waals surface area (Å²) in [6, 6.07) is 15.3. The molecular formula is C19H16F2N2O. The molecule has 1 saturated carbocycles. The number of nitrogens with one attached hydrogen (secondary N) is 1. The Kier molecular flexibility index (Phi) is 3.76. The first-order valence-corrected chi connectivity index (χ1v) is 7.90. The van der Waals surface area contributed by atoms with Crippen molar-refractivity contribution in [3.8, 4) is 16.9 Å². The molecule has 3 nitrogen and oxygen atoms in total. The Hall–Kier alpha value is -2.69. The van der Waals surface area contributed by atoms with Crippen LogP contribution in [0.25, 0.3) is 22.0 Å². The second kappa shape index (κ2) is 6.07. The van der Waals surface area contributed by atoms with Crippen LogP contribution >= 0.6 is 0 Å². The molecule has 0 bridgehead atoms. The second-order valence-corrected chi connectivity index (χ2v) is 5.89. The number of hydrogen-bond donors (Lipinski definition) is 1. The third-order valence-corrected chi connectivity index (χ3v) is 4.07. The quantitative estimate of drug-likeness (QED) is 0.710. The van der Waals surface area contributed by atoms with Crippen molar-refractivity contribution in [2.45, 2.75) is 25.5 Å². The maximum atomic E-state index is 12.9. The number of benzene rings is 2. The minimum atomic E-state index is -2.87. The molecule has 0 atom stereocenters. The van der Waals surface area contributed by atoms with E-state index in [1.807, 2.05) is 36.4 Å². The zero-order valence-corrected chi connectivity index (χ0v) is 12.9. The number of fused-ring (bicyclic) bond motifs is 1. The maximum Gasteiger partial charge on any atom is 0.387 e. The number of hydrogen-bond acceptors (Lipinski definition) is 3. The van der Waals surface area contributed by atoms with Crippen LogP contribution in [-0.2, 0) is 0 Å². The number of halogens is 2. The lowest BCUT2D eigenvalue weighted by Crippen LogP contribution is -2.08. The maximum absolute atomic E-state index is 12.9. The van der Waals surface area contributed by atoms with Gasteiger partial charge >= 0.3 is 6.61 Å². The van der Waals surface area contributed by atoms with Gasteiger partial charge < -0.3 is 10.1 Å². The lowest BCUT2D eigenvalue weighted by Gasteiger charge is -2.17. The van der Waals surface area contributed by atoms with E-state index in [-0.39, 0.29) is 5.75 Å². The molecule has 2 aromatic carbocycles. The van der Waals surface area contributed by atoms with E-state index in [9.17, 15) is 8.78 Å². The summed E-state index contributed by atoms with van der Waals surface area (Å²) in [6.45, 7) is -2.87. The van der Waals surface area contributed by atoms with Gasteiger partial charge in [-0.2, -0.15) is 8.78 Å². The van der Waals surface area contributed by atoms with Gasteiger partial charge in [-0.15, -0.1) is 0 Å². The Labute approximate surface area is 138 Å². The fraction of sp³-hybridized carbons (Fsp3) is 0.211. The molecule has 1 aromatic heterocycles. The molecule has 4 rings (SSSR count). The van der Waals surface area contributed by atoms with Gasteiger partial charge in [0.1, 0.15) is 0 Å². The van der Waals surface area contributed by atoms with Crippen LogP contribution in [-0.4, -0.2) is 17.6 Å². The van der Waals surface area contributed by atoms with Gasteiger partial charge in [-0.3, -0.25) is 4.98 Å². The summed E-state index contributed by atoms with van der Waals surface area (Å²) in [5, 5.41) is 4.22. The minimum absolute atomic E-state index is 0.197. The van der Waals surface area contributed by atoms with E-state index in [2.05, 4.69) is 10.3 Å². The van der Waals surface area contributed by atoms with Crippen LogP contribution in [0.15, 0.2) is 54.7 Å². The topological polar surface area (TPSA) is 34.1 Å². The van der Waals surface area contributed by atoms with E-state index in [1.54, 1.807) is 18.3 Å². The fourth-order valence-electron chi connectivity index (χ4n) is 2.78. The molecule has 0 saturated heterocycles. The molecule has 5 heteroatoms. The Morgan fingerprint density at radius 1 is 1.08 bits per heavy atom. The largest absolute Gasteiger partial charge is 0.432 e. The van der Waals surface area contributed by atoms with Crippen molar-refractivity contribution in [2.24, 2.45) is 0 Å². The van der Waals surface area contributed by atoms with Crippen LogP contribution < -0.4 is 10.1 Å². The molecular weight excluding hydrogens is 310 g/mol. The molecule has 0 spiro atoms. The Morgan fingerprint density at radius 3 is 2.75 bits per heavy atom. The summed E-state index contributed by atoms with van der Waals surface area (Å²) >= 11 is 0. The van der Waals surface area contributed by atoms with E-state index in [0.29, 0.717) is 17.3 Å². The number of nitrogens with zero attached hydrogens (tertiary/aromatic N) is 1. The van der Waals surface area contributed by atoms with Gasteiger partial charge in [0, 0.05) is 23.2 Å². The number of anilines is 1. The van der Waals surface area contributed by atoms with Gasteiger partial charge in [-0.1, -0.05) is 24.3 Å². The summed E-state index contributed by atoms with van der Waals surface area (Å²) in [6.07, 6.45) is 3.84. The summed E-state index contributed by atoms with van der Waals surface area (Å²) in [5.41, 5.74) is 2.95. The third kappa shape index (κ3) is 3.02. The predicted octanol–water partition coefficient (Wildman–Crippen LogP) is 5.08. The first kappa shape index (κ1) is 14.9. The molecule has 24 heavy (non-hydrogen) atoms. The summed E-state index contributed by atoms with van der Waals surface area (Å²) in [7, 11) is 0. The number of pyridine rings is 1. The summed E-state index contributed by atoms with van der Waals surface area (Å²) in [4.78, 5) is 4.29. The van der Waals surface area contributed by atoms with Gasteiger partial charge in [0.05, 0.1) is 11.2 Å². The van der Waals surface area contributed by atoms with Crippen molar-refractivity contribution in [3.63, 3.8) is 0 Å². The molecule has 0 amide bonds. The highest BCUT2D eigenvalue weighted by Crippen LogP contribution is 2.40. The van der Waals surface area contributed by atoms with Gasteiger partial charge in [-0.25, -0.2) is 0 Å². The number of rotatable bonds is 5. The highest BCUT2D eigenvalue weighted by molar-refractivity contribution is 5.87. The SMILES string of the molecule is FC(F)Oc1c(NC2CC2)cccc1-c1ccc2ncccc2c1. The summed E-state index contributed by atoms with van der Waals surface area (Å²) in [5.74, 6) is 0.197. The monoisotopic (exact) mass is 326 g/mol. The molecule has 1 heterocycles. The standard InChI is InChI=1S/C19H16F2N2O/c20-19(21)24-18-15(4-1-5-17(18)23-14-7-8-14)12-6-9-16-13(11-12)3-2-10-22-16/h1-6,9-11,14,19,23H,7-8H2. The van der Waals surface area contributed by atoms with E-state index in [1.165, 1.54) is 0 Å². The zero-order valence-electron chi connectivity index (χ0n) is 12.9. The van der Waals surface area contributed by atoms with Crippen molar-refractivity contribution < 1.29 is 13.5 Å². The Bertz CT molecular complexity index is 878. The van der Waals surface area contributed by atoms with Crippen LogP contribution in [0.2, 0.25) is 0 Å². The Morgan fingerprint density at radius 2 is 1.96 bits per heavy atom. The highest BCUT2D eigenvalue weighted by atomic mass is 19.3. The molecule has 1 N–H and O–H groups in total. The number of aromatic nitrogens is 1. The highest BCUT2D eigenvalue weighted by Gasteiger charge is 2.24. The molecule has 1 fully saturated rings. The zero-order chi connectivity index (χ0) is 16.5. The first-order chi connectivity index (χ1) is 11.7. The predicted molar refractivity (Wildman–Crippen MR) is 90.5 cm³/mol. The van der Waals surface area contributed by atoms with E-state index in [4.69, 9.17) is 4.74 Å². The van der Waals surface area contributed by atoms with Crippen molar-refractivity contribution in [1.29, 1.82) is 0 Å². The molecule has 122 valence electrons. The number of ether oxygens (including phenoxy) is 1. The van der Waals surface area contributed by atoms with E-state index >= 15 is 0 Å². The van der Waals surface area contributed by atoms with Crippen LogP contribution in [0.4, 0.5) is 14.5 Å². The first-order valence-electron chi connectivity index (χ1n) is 7.90. The van der Waals surface area contributed by atoms with E-state index < -0.39 is 6.61 Å². The van der Waals surface area contributed by atoms with Gasteiger partial charge in [0.25, 0.3) is 0 Å². The third-order valence-electron chi connectivity index (χ3n) is 4.07. The average Bonchev–Trinajstić information content (AvgIpc) is 3.39. The molecule has 3 aromatic rings. The minimum Gasteiger partial charge on any atom is -0.432 e. The van der Waals surface area contributed by atoms with Crippen molar-refractivity contribution >= 4 is 16.6 Å². The lowest BCUT2D eigenvalue weighted by molar-refractivity contribution is -0.0489. The van der Waals surface area contributed by atoms with Crippen LogP contribution in [0.1, 0.15) is 12.8 Å². The van der Waals surface area contributed by atoms with Crippen LogP contribution in [0.5, 0.6) is 5.75 Å². The van der Waals surface area contributed by atoms with Crippen molar-refractivity contribution in [3.05, 3.63) is 54.7 Å². The number of alkyl halides is 2. The van der Waals surface area contributed by atoms with Crippen LogP contribution in [0.3, 0.4) is 0 Å². The Balaban J connectivity index is 1.82. The molecule has 0 aliphatic heterocycles. The normalized spacial score (nSPS) is 14.1. The van der Waals surface area contributed by atoms with Crippen molar-refractivity contribution in [2.75, 3.05) is 5.32 Å². The molecule has 0 radical (unpaired) electrons. The lowest BCUT2D eigenvalue weighted by atomic mass is 10.0. The van der Waals surface area contributed by atoms with Crippen LogP contribution in [0, 0.1) is 0 Å². The van der Waals surface area contributed by atoms with Gasteiger partial charge in [0.2, 0.25) is 0 Å². The number of para-hydroxylation sites is 1. The average molecular weight is 326 g/mol.